The third-order valence-corrected chi connectivity index (χ3v) is 2.89. The summed E-state index contributed by atoms with van der Waals surface area (Å²) in [5.74, 6) is 0.328. The molecule has 0 atom stereocenters. The van der Waals surface area contributed by atoms with Gasteiger partial charge in [-0.3, -0.25) is 0 Å². The van der Waals surface area contributed by atoms with Gasteiger partial charge in [-0.05, 0) is 18.6 Å². The Morgan fingerprint density at radius 1 is 1.53 bits per heavy atom. The maximum Gasteiger partial charge on any atom is 0.209 e. The second-order valence-corrected chi connectivity index (χ2v) is 5.44. The number of anilines is 1. The Labute approximate surface area is 104 Å². The molecule has 92 valence electrons. The average molecular weight is 275 g/mol. The number of sulfonamides is 1. The first-order valence-electron chi connectivity index (χ1n) is 4.73. The number of nitriles is 1. The van der Waals surface area contributed by atoms with E-state index >= 15 is 0 Å². The molecule has 0 amide bonds. The van der Waals surface area contributed by atoms with Crippen molar-refractivity contribution in [3.63, 3.8) is 0 Å². The summed E-state index contributed by atoms with van der Waals surface area (Å²) in [5, 5.41) is 16.6. The number of pyridine rings is 1. The van der Waals surface area contributed by atoms with Crippen LogP contribution in [0.15, 0.2) is 12.1 Å². The smallest absolute Gasteiger partial charge is 0.209 e. The summed E-state index contributed by atoms with van der Waals surface area (Å²) in [5.41, 5.74) is 0.388. The molecule has 3 N–H and O–H groups in total. The fourth-order valence-electron chi connectivity index (χ4n) is 1.14. The quantitative estimate of drug-likeness (QED) is 0.607. The number of rotatable bonds is 5. The summed E-state index contributed by atoms with van der Waals surface area (Å²) in [4.78, 5) is 3.94. The topological polar surface area (TPSA) is 109 Å². The van der Waals surface area contributed by atoms with E-state index in [0.29, 0.717) is 24.3 Å². The lowest BCUT2D eigenvalue weighted by Gasteiger charge is -2.05. The molecule has 1 heterocycles. The first-order chi connectivity index (χ1) is 7.90. The van der Waals surface area contributed by atoms with Crippen molar-refractivity contribution in [1.82, 2.24) is 4.98 Å². The number of halogens is 1. The van der Waals surface area contributed by atoms with E-state index in [1.807, 2.05) is 6.07 Å². The van der Waals surface area contributed by atoms with Crippen LogP contribution in [0.4, 0.5) is 5.82 Å². The zero-order valence-corrected chi connectivity index (χ0v) is 10.4. The van der Waals surface area contributed by atoms with E-state index in [2.05, 4.69) is 10.3 Å². The van der Waals surface area contributed by atoms with E-state index in [1.165, 1.54) is 12.1 Å². The summed E-state index contributed by atoms with van der Waals surface area (Å²) >= 11 is 5.70. The molecule has 1 rings (SSSR count). The number of nitrogens with two attached hydrogens (primary N) is 1. The van der Waals surface area contributed by atoms with Crippen molar-refractivity contribution >= 4 is 27.4 Å². The summed E-state index contributed by atoms with van der Waals surface area (Å²) in [6, 6.07) is 4.91. The van der Waals surface area contributed by atoms with Gasteiger partial charge < -0.3 is 5.32 Å². The molecule has 8 heteroatoms. The Kier molecular flexibility index (Phi) is 4.69. The van der Waals surface area contributed by atoms with Crippen LogP contribution >= 0.6 is 11.6 Å². The van der Waals surface area contributed by atoms with Crippen molar-refractivity contribution in [1.29, 1.82) is 5.26 Å². The molecule has 0 saturated heterocycles. The van der Waals surface area contributed by atoms with Crippen LogP contribution in [-0.2, 0) is 10.0 Å². The SMILES string of the molecule is N#Cc1cc(Cl)nc(NCCCS(N)(=O)=O)c1. The molecule has 0 radical (unpaired) electrons. The molecule has 17 heavy (non-hydrogen) atoms. The summed E-state index contributed by atoms with van der Waals surface area (Å²) in [7, 11) is -3.44. The van der Waals surface area contributed by atoms with E-state index in [4.69, 9.17) is 22.0 Å². The zero-order chi connectivity index (χ0) is 12.9. The van der Waals surface area contributed by atoms with Crippen molar-refractivity contribution in [2.24, 2.45) is 5.14 Å². The first-order valence-corrected chi connectivity index (χ1v) is 6.82. The molecule has 0 aromatic carbocycles. The molecule has 0 spiro atoms. The largest absolute Gasteiger partial charge is 0.370 e. The highest BCUT2D eigenvalue weighted by Crippen LogP contribution is 2.13. The molecule has 1 aromatic rings. The summed E-state index contributed by atoms with van der Waals surface area (Å²) in [6.45, 7) is 0.384. The first kappa shape index (κ1) is 13.7. The van der Waals surface area contributed by atoms with Crippen LogP contribution in [0.5, 0.6) is 0 Å². The third kappa shape index (κ3) is 5.49. The third-order valence-electron chi connectivity index (χ3n) is 1.83. The summed E-state index contributed by atoms with van der Waals surface area (Å²) < 4.78 is 21.3. The standard InChI is InChI=1S/C9H11ClN4O2S/c10-8-4-7(6-11)5-9(14-8)13-2-1-3-17(12,15)16/h4-5H,1-3H2,(H,13,14)(H2,12,15,16). The van der Waals surface area contributed by atoms with E-state index in [1.54, 1.807) is 0 Å². The molecule has 0 aliphatic heterocycles. The van der Waals surface area contributed by atoms with Gasteiger partial charge in [0.1, 0.15) is 11.0 Å². The van der Waals surface area contributed by atoms with Gasteiger partial charge in [-0.2, -0.15) is 5.26 Å². The molecule has 0 aliphatic carbocycles. The second kappa shape index (κ2) is 5.82. The van der Waals surface area contributed by atoms with Crippen molar-refractivity contribution in [2.45, 2.75) is 6.42 Å². The van der Waals surface area contributed by atoms with Crippen molar-refractivity contribution in [3.05, 3.63) is 22.8 Å². The Bertz CT molecular complexity index is 538. The molecule has 1 aromatic heterocycles. The Hall–Kier alpha value is -1.36. The Morgan fingerprint density at radius 2 is 2.24 bits per heavy atom. The van der Waals surface area contributed by atoms with Crippen LogP contribution < -0.4 is 10.5 Å². The van der Waals surface area contributed by atoms with Gasteiger partial charge in [-0.25, -0.2) is 18.5 Å². The molecule has 0 fully saturated rings. The fourth-order valence-corrected chi connectivity index (χ4v) is 1.90. The molecule has 6 nitrogen and oxygen atoms in total. The molecule has 0 saturated carbocycles. The van der Waals surface area contributed by atoms with Gasteiger partial charge in [0.05, 0.1) is 17.4 Å². The lowest BCUT2D eigenvalue weighted by Crippen LogP contribution is -2.18. The van der Waals surface area contributed by atoms with Crippen LogP contribution in [0.3, 0.4) is 0 Å². The predicted molar refractivity (Wildman–Crippen MR) is 65.0 cm³/mol. The van der Waals surface area contributed by atoms with Crippen molar-refractivity contribution in [3.8, 4) is 6.07 Å². The van der Waals surface area contributed by atoms with Crippen molar-refractivity contribution < 1.29 is 8.42 Å². The Balaban J connectivity index is 2.53. The molecule has 0 bridgehead atoms. The van der Waals surface area contributed by atoms with Gasteiger partial charge in [0, 0.05) is 6.54 Å². The van der Waals surface area contributed by atoms with Gasteiger partial charge in [0.25, 0.3) is 0 Å². The average Bonchev–Trinajstić information content (AvgIpc) is 2.22. The highest BCUT2D eigenvalue weighted by atomic mass is 35.5. The van der Waals surface area contributed by atoms with Crippen molar-refractivity contribution in [2.75, 3.05) is 17.6 Å². The van der Waals surface area contributed by atoms with E-state index in [9.17, 15) is 8.42 Å². The number of nitrogens with zero attached hydrogens (tertiary/aromatic N) is 2. The van der Waals surface area contributed by atoms with Crippen LogP contribution in [0.2, 0.25) is 5.15 Å². The predicted octanol–water partition coefficient (Wildman–Crippen LogP) is 0.697. The van der Waals surface area contributed by atoms with Crippen LogP contribution in [-0.4, -0.2) is 25.7 Å². The minimum absolute atomic E-state index is 0.105. The maximum absolute atomic E-state index is 10.7. The minimum atomic E-state index is -3.44. The van der Waals surface area contributed by atoms with Gasteiger partial charge in [0.15, 0.2) is 0 Å². The molecule has 0 aliphatic rings. The number of primary sulfonamides is 1. The molecular weight excluding hydrogens is 264 g/mol. The Morgan fingerprint density at radius 3 is 2.82 bits per heavy atom. The normalized spacial score (nSPS) is 10.9. The van der Waals surface area contributed by atoms with Gasteiger partial charge in [0.2, 0.25) is 10.0 Å². The lowest BCUT2D eigenvalue weighted by molar-refractivity contribution is 0.595. The monoisotopic (exact) mass is 274 g/mol. The highest BCUT2D eigenvalue weighted by Gasteiger charge is 2.03. The van der Waals surface area contributed by atoms with Crippen LogP contribution in [0, 0.1) is 11.3 Å². The van der Waals surface area contributed by atoms with Gasteiger partial charge >= 0.3 is 0 Å². The van der Waals surface area contributed by atoms with Crippen LogP contribution in [0.25, 0.3) is 0 Å². The highest BCUT2D eigenvalue weighted by molar-refractivity contribution is 7.89. The molecule has 0 unspecified atom stereocenters. The second-order valence-electron chi connectivity index (χ2n) is 3.32. The molecular formula is C9H11ClN4O2S. The minimum Gasteiger partial charge on any atom is -0.370 e. The van der Waals surface area contributed by atoms with E-state index < -0.39 is 10.0 Å². The summed E-state index contributed by atoms with van der Waals surface area (Å²) in [6.07, 6.45) is 0.356. The fraction of sp³-hybridized carbons (Fsp3) is 0.333. The number of aromatic nitrogens is 1. The zero-order valence-electron chi connectivity index (χ0n) is 8.85. The van der Waals surface area contributed by atoms with Gasteiger partial charge in [-0.1, -0.05) is 11.6 Å². The maximum atomic E-state index is 10.7. The van der Waals surface area contributed by atoms with E-state index in [0.717, 1.165) is 0 Å². The number of hydrogen-bond donors (Lipinski definition) is 2. The number of hydrogen-bond acceptors (Lipinski definition) is 5. The van der Waals surface area contributed by atoms with E-state index in [-0.39, 0.29) is 10.9 Å². The number of nitrogens with one attached hydrogen (secondary N) is 1. The van der Waals surface area contributed by atoms with Gasteiger partial charge in [-0.15, -0.1) is 0 Å². The van der Waals surface area contributed by atoms with Crippen LogP contribution in [0.1, 0.15) is 12.0 Å². The lowest BCUT2D eigenvalue weighted by atomic mass is 10.3.